The van der Waals surface area contributed by atoms with Gasteiger partial charge in [-0.3, -0.25) is 9.78 Å². The number of benzene rings is 2. The smallest absolute Gasteiger partial charge is 0.228 e. The highest BCUT2D eigenvalue weighted by molar-refractivity contribution is 5.92. The maximum atomic E-state index is 12.3. The van der Waals surface area contributed by atoms with Gasteiger partial charge in [-0.2, -0.15) is 0 Å². The molecule has 3 rings (SSSR count). The molecule has 2 aromatic carbocycles. The van der Waals surface area contributed by atoms with Crippen LogP contribution in [0.15, 0.2) is 72.9 Å². The average molecular weight is 328 g/mol. The van der Waals surface area contributed by atoms with Crippen molar-refractivity contribution in [3.8, 4) is 0 Å². The van der Waals surface area contributed by atoms with Crippen molar-refractivity contribution < 1.29 is 4.79 Å². The van der Waals surface area contributed by atoms with Crippen LogP contribution in [0.25, 0.3) is 12.2 Å². The molecule has 1 amide bonds. The summed E-state index contributed by atoms with van der Waals surface area (Å²) in [5.41, 5.74) is 4.88. The molecule has 0 saturated carbocycles. The minimum Gasteiger partial charge on any atom is -0.326 e. The van der Waals surface area contributed by atoms with Crippen LogP contribution in [0.2, 0.25) is 0 Å². The van der Waals surface area contributed by atoms with Gasteiger partial charge in [0.25, 0.3) is 0 Å². The first-order valence-electron chi connectivity index (χ1n) is 8.24. The van der Waals surface area contributed by atoms with E-state index in [1.807, 2.05) is 85.8 Å². The van der Waals surface area contributed by atoms with Gasteiger partial charge in [0.2, 0.25) is 5.91 Å². The minimum atomic E-state index is -0.0137. The van der Waals surface area contributed by atoms with Crippen LogP contribution in [-0.4, -0.2) is 10.9 Å². The van der Waals surface area contributed by atoms with Gasteiger partial charge < -0.3 is 5.32 Å². The lowest BCUT2D eigenvalue weighted by Crippen LogP contribution is -2.15. The molecule has 0 aliphatic rings. The number of nitrogens with zero attached hydrogens (tertiary/aromatic N) is 1. The van der Waals surface area contributed by atoms with Gasteiger partial charge in [-0.05, 0) is 54.0 Å². The molecule has 124 valence electrons. The number of nitrogens with one attached hydrogen (secondary N) is 1. The first kappa shape index (κ1) is 16.7. The van der Waals surface area contributed by atoms with Crippen molar-refractivity contribution in [3.05, 3.63) is 95.3 Å². The Bertz CT molecular complexity index is 885. The highest BCUT2D eigenvalue weighted by Crippen LogP contribution is 2.15. The molecule has 3 aromatic rings. The second-order valence-electron chi connectivity index (χ2n) is 5.86. The number of hydrogen-bond acceptors (Lipinski definition) is 2. The molecule has 0 saturated heterocycles. The maximum absolute atomic E-state index is 12.3. The molecule has 0 fully saturated rings. The Morgan fingerprint density at radius 2 is 1.84 bits per heavy atom. The maximum Gasteiger partial charge on any atom is 0.228 e. The normalized spacial score (nSPS) is 10.8. The lowest BCUT2D eigenvalue weighted by Gasteiger charge is -2.08. The van der Waals surface area contributed by atoms with Gasteiger partial charge in [0.1, 0.15) is 0 Å². The van der Waals surface area contributed by atoms with Crippen LogP contribution in [0.5, 0.6) is 0 Å². The molecule has 1 N–H and O–H groups in total. The zero-order valence-electron chi connectivity index (χ0n) is 14.1. The van der Waals surface area contributed by atoms with Crippen LogP contribution >= 0.6 is 0 Å². The molecule has 1 aromatic heterocycles. The molecule has 3 nitrogen and oxygen atoms in total. The van der Waals surface area contributed by atoms with Crippen LogP contribution in [0.3, 0.4) is 0 Å². The number of anilines is 1. The Morgan fingerprint density at radius 1 is 1.00 bits per heavy atom. The summed E-state index contributed by atoms with van der Waals surface area (Å²) in [6.07, 6.45) is 6.08. The van der Waals surface area contributed by atoms with Crippen molar-refractivity contribution in [1.29, 1.82) is 0 Å². The standard InChI is InChI=1S/C22H20N2O/c1-17-7-2-3-9-19(17)16-22(25)24-21-11-6-8-18(15-21)12-13-20-10-4-5-14-23-20/h2-15H,16H2,1H3,(H,24,25)/b13-12+. The highest BCUT2D eigenvalue weighted by Gasteiger charge is 2.06. The number of hydrogen-bond donors (Lipinski definition) is 1. The molecule has 3 heteroatoms. The van der Waals surface area contributed by atoms with Crippen molar-refractivity contribution in [2.24, 2.45) is 0 Å². The molecule has 0 aliphatic carbocycles. The largest absolute Gasteiger partial charge is 0.326 e. The van der Waals surface area contributed by atoms with E-state index >= 15 is 0 Å². The summed E-state index contributed by atoms with van der Waals surface area (Å²) < 4.78 is 0. The van der Waals surface area contributed by atoms with E-state index in [0.717, 1.165) is 28.1 Å². The number of aryl methyl sites for hydroxylation is 1. The molecule has 0 spiro atoms. The number of carbonyl (C=O) groups excluding carboxylic acids is 1. The van der Waals surface area contributed by atoms with Gasteiger partial charge >= 0.3 is 0 Å². The lowest BCUT2D eigenvalue weighted by atomic mass is 10.1. The lowest BCUT2D eigenvalue weighted by molar-refractivity contribution is -0.115. The Morgan fingerprint density at radius 3 is 2.64 bits per heavy atom. The Hall–Kier alpha value is -3.20. The predicted octanol–water partition coefficient (Wildman–Crippen LogP) is 4.74. The number of rotatable bonds is 5. The topological polar surface area (TPSA) is 42.0 Å². The van der Waals surface area contributed by atoms with Gasteiger partial charge in [-0.1, -0.05) is 48.5 Å². The number of pyridine rings is 1. The van der Waals surface area contributed by atoms with Crippen molar-refractivity contribution in [2.45, 2.75) is 13.3 Å². The fourth-order valence-corrected chi connectivity index (χ4v) is 2.56. The number of carbonyl (C=O) groups is 1. The Kier molecular flexibility index (Phi) is 5.37. The van der Waals surface area contributed by atoms with E-state index in [1.165, 1.54) is 0 Å². The molecular formula is C22H20N2O. The van der Waals surface area contributed by atoms with Crippen molar-refractivity contribution in [3.63, 3.8) is 0 Å². The van der Waals surface area contributed by atoms with E-state index in [9.17, 15) is 4.79 Å². The van der Waals surface area contributed by atoms with Gasteiger partial charge in [0, 0.05) is 11.9 Å². The van der Waals surface area contributed by atoms with Gasteiger partial charge in [0.05, 0.1) is 12.1 Å². The van der Waals surface area contributed by atoms with Crippen LogP contribution in [0, 0.1) is 6.92 Å². The van der Waals surface area contributed by atoms with E-state index in [-0.39, 0.29) is 5.91 Å². The molecule has 0 aliphatic heterocycles. The van der Waals surface area contributed by atoms with E-state index in [0.29, 0.717) is 6.42 Å². The third kappa shape index (κ3) is 4.88. The summed E-state index contributed by atoms with van der Waals surface area (Å²) in [4.78, 5) is 16.5. The monoisotopic (exact) mass is 328 g/mol. The summed E-state index contributed by atoms with van der Waals surface area (Å²) in [7, 11) is 0. The summed E-state index contributed by atoms with van der Waals surface area (Å²) in [5.74, 6) is -0.0137. The average Bonchev–Trinajstić information content (AvgIpc) is 2.63. The summed E-state index contributed by atoms with van der Waals surface area (Å²) >= 11 is 0. The zero-order valence-corrected chi connectivity index (χ0v) is 14.1. The molecule has 0 bridgehead atoms. The number of aromatic nitrogens is 1. The van der Waals surface area contributed by atoms with Gasteiger partial charge in [0.15, 0.2) is 0 Å². The highest BCUT2D eigenvalue weighted by atomic mass is 16.1. The van der Waals surface area contributed by atoms with E-state index in [1.54, 1.807) is 6.20 Å². The summed E-state index contributed by atoms with van der Waals surface area (Å²) in [5, 5.41) is 2.97. The molecule has 0 unspecified atom stereocenters. The Balaban J connectivity index is 1.66. The van der Waals surface area contributed by atoms with Crippen molar-refractivity contribution in [2.75, 3.05) is 5.32 Å². The zero-order chi connectivity index (χ0) is 17.5. The molecule has 25 heavy (non-hydrogen) atoms. The first-order chi connectivity index (χ1) is 12.2. The molecule has 1 heterocycles. The van der Waals surface area contributed by atoms with Crippen molar-refractivity contribution >= 4 is 23.7 Å². The second kappa shape index (κ2) is 8.06. The quantitative estimate of drug-likeness (QED) is 0.735. The summed E-state index contributed by atoms with van der Waals surface area (Å²) in [6, 6.07) is 21.5. The van der Waals surface area contributed by atoms with Crippen LogP contribution in [-0.2, 0) is 11.2 Å². The predicted molar refractivity (Wildman–Crippen MR) is 103 cm³/mol. The third-order valence-electron chi connectivity index (χ3n) is 3.92. The van der Waals surface area contributed by atoms with E-state index < -0.39 is 0 Å². The Labute approximate surface area is 148 Å². The third-order valence-corrected chi connectivity index (χ3v) is 3.92. The van der Waals surface area contributed by atoms with Crippen LogP contribution < -0.4 is 5.32 Å². The van der Waals surface area contributed by atoms with Crippen molar-refractivity contribution in [1.82, 2.24) is 4.98 Å². The molecule has 0 radical (unpaired) electrons. The summed E-state index contributed by atoms with van der Waals surface area (Å²) in [6.45, 7) is 2.02. The fourth-order valence-electron chi connectivity index (χ4n) is 2.56. The first-order valence-corrected chi connectivity index (χ1v) is 8.24. The fraction of sp³-hybridized carbons (Fsp3) is 0.0909. The van der Waals surface area contributed by atoms with Crippen LogP contribution in [0.4, 0.5) is 5.69 Å². The van der Waals surface area contributed by atoms with E-state index in [4.69, 9.17) is 0 Å². The minimum absolute atomic E-state index is 0.0137. The molecule has 0 atom stereocenters. The van der Waals surface area contributed by atoms with Gasteiger partial charge in [-0.25, -0.2) is 0 Å². The van der Waals surface area contributed by atoms with Crippen LogP contribution in [0.1, 0.15) is 22.4 Å². The number of amides is 1. The van der Waals surface area contributed by atoms with Gasteiger partial charge in [-0.15, -0.1) is 0 Å². The molecular weight excluding hydrogens is 308 g/mol. The SMILES string of the molecule is Cc1ccccc1CC(=O)Nc1cccc(/C=C/c2ccccn2)c1. The van der Waals surface area contributed by atoms with E-state index in [2.05, 4.69) is 10.3 Å². The second-order valence-corrected chi connectivity index (χ2v) is 5.86.